The Bertz CT molecular complexity index is 725. The Kier molecular flexibility index (Phi) is 6.50. The molecule has 2 aromatic rings. The fourth-order valence-corrected chi connectivity index (χ4v) is 1.98. The van der Waals surface area contributed by atoms with Crippen LogP contribution < -0.4 is 16.0 Å². The average molecular weight is 347 g/mol. The number of carbonyl (C=O) groups excluding carboxylic acids is 1. The molecule has 0 fully saturated rings. The summed E-state index contributed by atoms with van der Waals surface area (Å²) in [5.74, 6) is 0.814. The maximum absolute atomic E-state index is 12.8. The van der Waals surface area contributed by atoms with Crippen LogP contribution in [0.3, 0.4) is 0 Å². The van der Waals surface area contributed by atoms with Gasteiger partial charge in [0.2, 0.25) is 5.91 Å². The number of rotatable bonds is 6. The number of aliphatic imine (C=N–C) groups is 1. The van der Waals surface area contributed by atoms with E-state index in [1.165, 1.54) is 24.3 Å². The summed E-state index contributed by atoms with van der Waals surface area (Å²) >= 11 is 0. The van der Waals surface area contributed by atoms with Gasteiger partial charge in [-0.15, -0.1) is 0 Å². The summed E-state index contributed by atoms with van der Waals surface area (Å²) in [5, 5.41) is 12.6. The van der Waals surface area contributed by atoms with Crippen molar-refractivity contribution in [1.82, 2.24) is 15.8 Å². The lowest BCUT2D eigenvalue weighted by Crippen LogP contribution is -2.41. The molecule has 3 N–H and O–H groups in total. The van der Waals surface area contributed by atoms with Crippen molar-refractivity contribution < 1.29 is 13.7 Å². The Morgan fingerprint density at radius 3 is 2.60 bits per heavy atom. The number of benzene rings is 1. The van der Waals surface area contributed by atoms with Gasteiger partial charge in [0.05, 0.1) is 18.8 Å². The van der Waals surface area contributed by atoms with Crippen LogP contribution in [-0.2, 0) is 11.3 Å². The number of amides is 1. The Hall–Kier alpha value is -2.90. The van der Waals surface area contributed by atoms with Crippen molar-refractivity contribution in [2.45, 2.75) is 26.3 Å². The second-order valence-corrected chi connectivity index (χ2v) is 5.71. The number of halogens is 1. The Balaban J connectivity index is 1.77. The molecular weight excluding hydrogens is 325 g/mol. The Labute approximate surface area is 145 Å². The summed E-state index contributed by atoms with van der Waals surface area (Å²) in [5.41, 5.74) is 1.41. The van der Waals surface area contributed by atoms with Crippen molar-refractivity contribution in [1.29, 1.82) is 0 Å². The summed E-state index contributed by atoms with van der Waals surface area (Å²) in [6.07, 6.45) is 0. The largest absolute Gasteiger partial charge is 0.359 e. The van der Waals surface area contributed by atoms with Crippen molar-refractivity contribution in [3.05, 3.63) is 47.6 Å². The third kappa shape index (κ3) is 5.91. The summed E-state index contributed by atoms with van der Waals surface area (Å²) in [6.45, 7) is 4.49. The van der Waals surface area contributed by atoms with E-state index in [4.69, 9.17) is 4.52 Å². The highest BCUT2D eigenvalue weighted by Crippen LogP contribution is 2.13. The highest BCUT2D eigenvalue weighted by molar-refractivity contribution is 5.94. The van der Waals surface area contributed by atoms with Crippen LogP contribution >= 0.6 is 0 Å². The monoisotopic (exact) mass is 347 g/mol. The molecule has 0 atom stereocenters. The zero-order valence-electron chi connectivity index (χ0n) is 14.5. The lowest BCUT2D eigenvalue weighted by Gasteiger charge is -2.11. The molecule has 25 heavy (non-hydrogen) atoms. The molecular formula is C17H22FN5O2. The molecule has 8 heteroatoms. The zero-order chi connectivity index (χ0) is 18.2. The van der Waals surface area contributed by atoms with Gasteiger partial charge in [-0.1, -0.05) is 19.0 Å². The quantitative estimate of drug-likeness (QED) is 0.551. The minimum atomic E-state index is -0.353. The Morgan fingerprint density at radius 1 is 1.28 bits per heavy atom. The van der Waals surface area contributed by atoms with Gasteiger partial charge in [-0.2, -0.15) is 0 Å². The van der Waals surface area contributed by atoms with Crippen LogP contribution in [-0.4, -0.2) is 30.6 Å². The average Bonchev–Trinajstić information content (AvgIpc) is 3.06. The number of hydrogen-bond acceptors (Lipinski definition) is 4. The molecule has 134 valence electrons. The second kappa shape index (κ2) is 8.81. The van der Waals surface area contributed by atoms with Crippen LogP contribution in [0.5, 0.6) is 0 Å². The van der Waals surface area contributed by atoms with Gasteiger partial charge in [-0.05, 0) is 30.2 Å². The molecule has 0 unspecified atom stereocenters. The van der Waals surface area contributed by atoms with Crippen molar-refractivity contribution in [3.8, 4) is 0 Å². The van der Waals surface area contributed by atoms with Gasteiger partial charge in [0.25, 0.3) is 0 Å². The van der Waals surface area contributed by atoms with Gasteiger partial charge in [0.1, 0.15) is 5.82 Å². The molecule has 0 saturated heterocycles. The molecule has 0 aliphatic carbocycles. The normalized spacial score (nSPS) is 11.5. The van der Waals surface area contributed by atoms with Crippen LogP contribution in [0, 0.1) is 5.82 Å². The first-order valence-electron chi connectivity index (χ1n) is 7.93. The van der Waals surface area contributed by atoms with Gasteiger partial charge in [-0.25, -0.2) is 4.39 Å². The van der Waals surface area contributed by atoms with E-state index in [1.54, 1.807) is 7.05 Å². The first kappa shape index (κ1) is 18.4. The number of hydrogen-bond donors (Lipinski definition) is 3. The molecule has 1 amide bonds. The van der Waals surface area contributed by atoms with Gasteiger partial charge in [0.15, 0.2) is 11.7 Å². The van der Waals surface area contributed by atoms with E-state index in [2.05, 4.69) is 26.1 Å². The zero-order valence-corrected chi connectivity index (χ0v) is 14.5. The van der Waals surface area contributed by atoms with Crippen LogP contribution in [0.25, 0.3) is 0 Å². The highest BCUT2D eigenvalue weighted by atomic mass is 19.1. The minimum Gasteiger partial charge on any atom is -0.359 e. The first-order valence-corrected chi connectivity index (χ1v) is 7.93. The van der Waals surface area contributed by atoms with E-state index >= 15 is 0 Å². The van der Waals surface area contributed by atoms with Gasteiger partial charge in [-0.3, -0.25) is 9.79 Å². The highest BCUT2D eigenvalue weighted by Gasteiger charge is 2.09. The molecule has 1 aromatic carbocycles. The fourth-order valence-electron chi connectivity index (χ4n) is 1.98. The topological polar surface area (TPSA) is 91.5 Å². The van der Waals surface area contributed by atoms with Crippen molar-refractivity contribution in [2.24, 2.45) is 4.99 Å². The molecule has 1 heterocycles. The molecule has 1 aromatic heterocycles. The molecule has 0 saturated carbocycles. The molecule has 0 radical (unpaired) electrons. The predicted octanol–water partition coefficient (Wildman–Crippen LogP) is 2.24. The van der Waals surface area contributed by atoms with E-state index in [0.717, 1.165) is 5.69 Å². The molecule has 7 nitrogen and oxygen atoms in total. The lowest BCUT2D eigenvalue weighted by atomic mass is 10.1. The van der Waals surface area contributed by atoms with Crippen molar-refractivity contribution in [3.63, 3.8) is 0 Å². The van der Waals surface area contributed by atoms with Crippen molar-refractivity contribution in [2.75, 3.05) is 18.9 Å². The number of carbonyl (C=O) groups is 1. The number of nitrogens with zero attached hydrogens (tertiary/aromatic N) is 2. The number of anilines is 1. The van der Waals surface area contributed by atoms with Crippen LogP contribution in [0.15, 0.2) is 39.8 Å². The number of guanidine groups is 1. The summed E-state index contributed by atoms with van der Waals surface area (Å²) in [4.78, 5) is 15.9. The van der Waals surface area contributed by atoms with Crippen LogP contribution in [0.2, 0.25) is 0 Å². The van der Waals surface area contributed by atoms with Gasteiger partial charge in [0, 0.05) is 18.8 Å². The molecule has 0 spiro atoms. The Morgan fingerprint density at radius 2 is 2.00 bits per heavy atom. The maximum atomic E-state index is 12.8. The summed E-state index contributed by atoms with van der Waals surface area (Å²) in [7, 11) is 1.60. The first-order chi connectivity index (χ1) is 12.0. The summed E-state index contributed by atoms with van der Waals surface area (Å²) < 4.78 is 18.1. The standard InChI is InChI=1S/C17H22FN5O2/c1-11(2)15-8-14(25-23-15)9-20-17(19-3)21-10-16(24)22-13-6-4-12(18)5-7-13/h4-8,11H,9-10H2,1-3H3,(H,22,24)(H2,19,20,21). The van der Waals surface area contributed by atoms with E-state index in [0.29, 0.717) is 29.9 Å². The molecule has 0 aliphatic rings. The molecule has 2 rings (SSSR count). The van der Waals surface area contributed by atoms with E-state index in [-0.39, 0.29) is 18.3 Å². The second-order valence-electron chi connectivity index (χ2n) is 5.71. The smallest absolute Gasteiger partial charge is 0.243 e. The minimum absolute atomic E-state index is 0.0186. The van der Waals surface area contributed by atoms with E-state index in [1.807, 2.05) is 19.9 Å². The number of aromatic nitrogens is 1. The van der Waals surface area contributed by atoms with Crippen LogP contribution in [0.1, 0.15) is 31.2 Å². The SMILES string of the molecule is CN=C(NCC(=O)Nc1ccc(F)cc1)NCc1cc(C(C)C)no1. The predicted molar refractivity (Wildman–Crippen MR) is 93.8 cm³/mol. The third-order valence-electron chi connectivity index (χ3n) is 3.37. The summed E-state index contributed by atoms with van der Waals surface area (Å²) in [6, 6.07) is 7.44. The third-order valence-corrected chi connectivity index (χ3v) is 3.37. The van der Waals surface area contributed by atoms with Crippen molar-refractivity contribution >= 4 is 17.6 Å². The number of nitrogens with one attached hydrogen (secondary N) is 3. The van der Waals surface area contributed by atoms with E-state index in [9.17, 15) is 9.18 Å². The lowest BCUT2D eigenvalue weighted by molar-refractivity contribution is -0.115. The maximum Gasteiger partial charge on any atom is 0.243 e. The van der Waals surface area contributed by atoms with Crippen LogP contribution in [0.4, 0.5) is 10.1 Å². The van der Waals surface area contributed by atoms with Gasteiger partial charge < -0.3 is 20.5 Å². The molecule has 0 aliphatic heterocycles. The van der Waals surface area contributed by atoms with Gasteiger partial charge >= 0.3 is 0 Å². The fraction of sp³-hybridized carbons (Fsp3) is 0.353. The molecule has 0 bridgehead atoms. The van der Waals surface area contributed by atoms with E-state index < -0.39 is 0 Å².